The zero-order valence-electron chi connectivity index (χ0n) is 19.2. The van der Waals surface area contributed by atoms with Crippen LogP contribution in [0, 0.1) is 0 Å². The maximum atomic E-state index is 13.1. The van der Waals surface area contributed by atoms with Crippen LogP contribution in [0.3, 0.4) is 0 Å². The van der Waals surface area contributed by atoms with Gasteiger partial charge in [0, 0.05) is 31.0 Å². The van der Waals surface area contributed by atoms with Crippen LogP contribution in [0.4, 0.5) is 0 Å². The van der Waals surface area contributed by atoms with E-state index in [4.69, 9.17) is 9.47 Å². The summed E-state index contributed by atoms with van der Waals surface area (Å²) in [6, 6.07) is 7.68. The van der Waals surface area contributed by atoms with Gasteiger partial charge in [0.05, 0.1) is 18.2 Å². The van der Waals surface area contributed by atoms with Crippen molar-refractivity contribution in [3.05, 3.63) is 72.1 Å². The number of aromatic nitrogens is 1. The molecule has 2 heterocycles. The van der Waals surface area contributed by atoms with E-state index in [9.17, 15) is 14.7 Å². The van der Waals surface area contributed by atoms with Gasteiger partial charge >= 0.3 is 0 Å². The van der Waals surface area contributed by atoms with Crippen molar-refractivity contribution in [2.75, 3.05) is 40.4 Å². The van der Waals surface area contributed by atoms with Crippen molar-refractivity contribution in [1.29, 1.82) is 0 Å². The second-order valence-corrected chi connectivity index (χ2v) is 7.77. The Kier molecular flexibility index (Phi) is 7.84. The Morgan fingerprint density at radius 3 is 2.55 bits per heavy atom. The van der Waals surface area contributed by atoms with Crippen LogP contribution in [0.1, 0.15) is 24.1 Å². The molecule has 8 heteroatoms. The number of amides is 1. The summed E-state index contributed by atoms with van der Waals surface area (Å²) in [6.07, 6.45) is 4.67. The number of carbonyl (C=O) groups excluding carboxylic acids is 2. The summed E-state index contributed by atoms with van der Waals surface area (Å²) in [4.78, 5) is 33.4. The highest BCUT2D eigenvalue weighted by molar-refractivity contribution is 6.46. The molecular formula is C25H29N3O5. The standard InChI is InChI=1S/C25H29N3O5/c1-5-15-33-19-8-7-18(16-20(19)32-6-2)22-21(23(29)17-9-11-26-12-10-17)24(30)25(31)28(22)14-13-27(3)4/h5,7-12,16,22,29H,1,6,13-15H2,2-4H3. The highest BCUT2D eigenvalue weighted by Crippen LogP contribution is 2.41. The van der Waals surface area contributed by atoms with E-state index in [1.54, 1.807) is 36.4 Å². The SMILES string of the molecule is C=CCOc1ccc(C2C(=C(O)c3ccncc3)C(=O)C(=O)N2CCN(C)C)cc1OCC. The largest absolute Gasteiger partial charge is 0.507 e. The average Bonchev–Trinajstić information content (AvgIpc) is 3.07. The van der Waals surface area contributed by atoms with Gasteiger partial charge in [-0.05, 0) is 50.8 Å². The maximum absolute atomic E-state index is 13.1. The van der Waals surface area contributed by atoms with Gasteiger partial charge in [-0.25, -0.2) is 0 Å². The molecule has 1 unspecified atom stereocenters. The molecule has 0 spiro atoms. The molecular weight excluding hydrogens is 422 g/mol. The summed E-state index contributed by atoms with van der Waals surface area (Å²) in [6.45, 7) is 7.10. The minimum Gasteiger partial charge on any atom is -0.507 e. The van der Waals surface area contributed by atoms with E-state index in [0.717, 1.165) is 0 Å². The number of pyridine rings is 1. The number of likely N-dealkylation sites (tertiary alicyclic amines) is 1. The first-order valence-electron chi connectivity index (χ1n) is 10.7. The quantitative estimate of drug-likeness (QED) is 0.257. The van der Waals surface area contributed by atoms with Gasteiger partial charge in [0.2, 0.25) is 0 Å². The van der Waals surface area contributed by atoms with Crippen LogP contribution in [0.2, 0.25) is 0 Å². The first-order valence-corrected chi connectivity index (χ1v) is 10.7. The van der Waals surface area contributed by atoms with Crippen molar-refractivity contribution in [1.82, 2.24) is 14.8 Å². The number of aliphatic hydroxyl groups excluding tert-OH is 1. The van der Waals surface area contributed by atoms with Crippen molar-refractivity contribution in [2.45, 2.75) is 13.0 Å². The Labute approximate surface area is 193 Å². The van der Waals surface area contributed by atoms with Crippen LogP contribution in [0.15, 0.2) is 61.0 Å². The van der Waals surface area contributed by atoms with E-state index >= 15 is 0 Å². The minimum atomic E-state index is -0.772. The first kappa shape index (κ1) is 24.0. The number of hydrogen-bond donors (Lipinski definition) is 1. The molecule has 1 N–H and O–H groups in total. The Balaban J connectivity index is 2.15. The van der Waals surface area contributed by atoms with E-state index in [2.05, 4.69) is 11.6 Å². The molecule has 1 aromatic carbocycles. The fourth-order valence-electron chi connectivity index (χ4n) is 3.66. The molecule has 33 heavy (non-hydrogen) atoms. The number of nitrogens with zero attached hydrogens (tertiary/aromatic N) is 3. The Hall–Kier alpha value is -3.65. The lowest BCUT2D eigenvalue weighted by molar-refractivity contribution is -0.140. The fraction of sp³-hybridized carbons (Fsp3) is 0.320. The van der Waals surface area contributed by atoms with Crippen LogP contribution in [-0.2, 0) is 9.59 Å². The molecule has 1 amide bonds. The number of benzene rings is 1. The molecule has 0 radical (unpaired) electrons. The molecule has 3 rings (SSSR count). The van der Waals surface area contributed by atoms with E-state index in [-0.39, 0.29) is 11.3 Å². The molecule has 1 aliphatic heterocycles. The molecule has 0 bridgehead atoms. The van der Waals surface area contributed by atoms with Crippen LogP contribution >= 0.6 is 0 Å². The van der Waals surface area contributed by atoms with Crippen LogP contribution < -0.4 is 9.47 Å². The number of rotatable bonds is 10. The average molecular weight is 452 g/mol. The van der Waals surface area contributed by atoms with E-state index in [0.29, 0.717) is 48.9 Å². The van der Waals surface area contributed by atoms with Gasteiger partial charge in [-0.15, -0.1) is 0 Å². The lowest BCUT2D eigenvalue weighted by Crippen LogP contribution is -2.35. The van der Waals surface area contributed by atoms with Gasteiger partial charge in [0.15, 0.2) is 11.5 Å². The molecule has 0 saturated carbocycles. The van der Waals surface area contributed by atoms with E-state index < -0.39 is 17.7 Å². The predicted octanol–water partition coefficient (Wildman–Crippen LogP) is 3.03. The molecule has 8 nitrogen and oxygen atoms in total. The van der Waals surface area contributed by atoms with Crippen molar-refractivity contribution in [3.63, 3.8) is 0 Å². The van der Waals surface area contributed by atoms with E-state index in [1.807, 2.05) is 25.9 Å². The Morgan fingerprint density at radius 2 is 1.91 bits per heavy atom. The molecule has 1 aliphatic rings. The zero-order valence-corrected chi connectivity index (χ0v) is 19.2. The normalized spacial score (nSPS) is 17.5. The molecule has 1 saturated heterocycles. The third-order valence-electron chi connectivity index (χ3n) is 5.22. The number of Topliss-reactive ketones (excluding diaryl/α,β-unsaturated/α-hetero) is 1. The van der Waals surface area contributed by atoms with Crippen molar-refractivity contribution < 1.29 is 24.2 Å². The lowest BCUT2D eigenvalue weighted by Gasteiger charge is -2.27. The topological polar surface area (TPSA) is 92.2 Å². The number of ether oxygens (including phenoxy) is 2. The molecule has 0 aliphatic carbocycles. The highest BCUT2D eigenvalue weighted by Gasteiger charge is 2.46. The van der Waals surface area contributed by atoms with Crippen molar-refractivity contribution >= 4 is 17.4 Å². The number of likely N-dealkylation sites (N-methyl/N-ethyl adjacent to an activating group) is 1. The third-order valence-corrected chi connectivity index (χ3v) is 5.22. The maximum Gasteiger partial charge on any atom is 0.295 e. The second-order valence-electron chi connectivity index (χ2n) is 7.77. The Bertz CT molecular complexity index is 1050. The van der Waals surface area contributed by atoms with Gasteiger partial charge in [-0.2, -0.15) is 0 Å². The molecule has 1 aromatic heterocycles. The van der Waals surface area contributed by atoms with E-state index in [1.165, 1.54) is 17.3 Å². The summed E-state index contributed by atoms with van der Waals surface area (Å²) < 4.78 is 11.4. The summed E-state index contributed by atoms with van der Waals surface area (Å²) >= 11 is 0. The number of aliphatic hydroxyl groups is 1. The van der Waals surface area contributed by atoms with Crippen molar-refractivity contribution in [2.24, 2.45) is 0 Å². The van der Waals surface area contributed by atoms with Crippen LogP contribution in [0.5, 0.6) is 11.5 Å². The monoisotopic (exact) mass is 451 g/mol. The Morgan fingerprint density at radius 1 is 1.18 bits per heavy atom. The smallest absolute Gasteiger partial charge is 0.295 e. The summed E-state index contributed by atoms with van der Waals surface area (Å²) in [7, 11) is 3.78. The molecule has 2 aromatic rings. The predicted molar refractivity (Wildman–Crippen MR) is 125 cm³/mol. The number of ketones is 1. The van der Waals surface area contributed by atoms with Gasteiger partial charge < -0.3 is 24.4 Å². The van der Waals surface area contributed by atoms with Crippen LogP contribution in [-0.4, -0.2) is 72.0 Å². The summed E-state index contributed by atoms with van der Waals surface area (Å²) in [5, 5.41) is 11.1. The summed E-state index contributed by atoms with van der Waals surface area (Å²) in [5.41, 5.74) is 1.08. The molecule has 1 atom stereocenters. The summed E-state index contributed by atoms with van der Waals surface area (Å²) in [5.74, 6) is -0.600. The van der Waals surface area contributed by atoms with Crippen molar-refractivity contribution in [3.8, 4) is 11.5 Å². The minimum absolute atomic E-state index is 0.0344. The third kappa shape index (κ3) is 5.23. The second kappa shape index (κ2) is 10.8. The molecule has 1 fully saturated rings. The van der Waals surface area contributed by atoms with Gasteiger partial charge in [-0.3, -0.25) is 14.6 Å². The van der Waals surface area contributed by atoms with Gasteiger partial charge in [0.25, 0.3) is 11.7 Å². The van der Waals surface area contributed by atoms with Crippen LogP contribution in [0.25, 0.3) is 5.76 Å². The number of hydrogen-bond acceptors (Lipinski definition) is 7. The number of carbonyl (C=O) groups is 2. The lowest BCUT2D eigenvalue weighted by atomic mass is 9.95. The first-order chi connectivity index (χ1) is 15.9. The van der Waals surface area contributed by atoms with Gasteiger partial charge in [-0.1, -0.05) is 18.7 Å². The van der Waals surface area contributed by atoms with Gasteiger partial charge in [0.1, 0.15) is 12.4 Å². The fourth-order valence-corrected chi connectivity index (χ4v) is 3.66. The molecule has 174 valence electrons. The zero-order chi connectivity index (χ0) is 24.0. The highest BCUT2D eigenvalue weighted by atomic mass is 16.5.